The predicted octanol–water partition coefficient (Wildman–Crippen LogP) is 2.25. The van der Waals surface area contributed by atoms with Gasteiger partial charge < -0.3 is 34.8 Å². The van der Waals surface area contributed by atoms with Crippen LogP contribution in [0.15, 0.2) is 36.7 Å². The molecule has 44 heavy (non-hydrogen) atoms. The molecule has 5 N–H and O–H groups in total. The second-order valence-electron chi connectivity index (χ2n) is 11.0. The number of aliphatic hydroxyl groups is 2. The number of imidazole rings is 1. The minimum atomic E-state index is -4.05. The number of carboxylic acid groups (broad SMARTS) is 1. The maximum atomic E-state index is 13.7. The first-order valence-corrected chi connectivity index (χ1v) is 16.4. The van der Waals surface area contributed by atoms with Gasteiger partial charge in [0.05, 0.1) is 6.33 Å². The van der Waals surface area contributed by atoms with Crippen LogP contribution in [0.1, 0.15) is 38.8 Å². The Morgan fingerprint density at radius 1 is 1.20 bits per heavy atom. The lowest BCUT2D eigenvalue weighted by Crippen LogP contribution is -2.43. The van der Waals surface area contributed by atoms with E-state index in [0.29, 0.717) is 17.0 Å². The highest BCUT2D eigenvalue weighted by Crippen LogP contribution is 2.44. The van der Waals surface area contributed by atoms with E-state index in [1.165, 1.54) is 41.9 Å². The van der Waals surface area contributed by atoms with Crippen molar-refractivity contribution < 1.29 is 38.7 Å². The van der Waals surface area contributed by atoms with Crippen molar-refractivity contribution >= 4 is 48.0 Å². The molecule has 3 aromatic rings. The summed E-state index contributed by atoms with van der Waals surface area (Å²) in [7, 11) is -2.64. The van der Waals surface area contributed by atoms with E-state index in [4.69, 9.17) is 20.9 Å². The normalized spacial score (nSPS) is 24.2. The number of aromatic nitrogens is 4. The van der Waals surface area contributed by atoms with Gasteiger partial charge in [0.15, 0.2) is 23.2 Å². The number of rotatable bonds is 12. The van der Waals surface area contributed by atoms with Gasteiger partial charge in [-0.15, -0.1) is 0 Å². The maximum absolute atomic E-state index is 13.7. The summed E-state index contributed by atoms with van der Waals surface area (Å²) in [5, 5.41) is 36.9. The van der Waals surface area contributed by atoms with E-state index in [-0.39, 0.29) is 23.6 Å². The number of nitrogens with zero attached hydrogens (tertiary/aromatic N) is 5. The van der Waals surface area contributed by atoms with Gasteiger partial charge in [-0.2, -0.15) is 9.97 Å². The molecule has 238 valence electrons. The summed E-state index contributed by atoms with van der Waals surface area (Å²) < 4.78 is 26.7. The van der Waals surface area contributed by atoms with E-state index < -0.39 is 56.1 Å². The Balaban J connectivity index is 1.29. The Hall–Kier alpha value is -3.33. The standard InChI is InChI=1S/C27H35ClN7O8P/c1-15(26(39)40)33-44(41,43-17-10-4-3-5-11-17)13-19(36)34(2)12-18-21(37)22(38)25(42-18)35-14-29-20-23(30-16-8-6-7-9-16)31-27(28)32-24(20)35/h3-5,10-11,14-16,18,21-22,25,37-38H,6-9,12-13H2,1-2H3,(H,33,41)(H,39,40)(H,30,31,32)/t15-,18+,21+,22+,25+,44?/m0/s1. The van der Waals surface area contributed by atoms with Crippen LogP contribution in [0.2, 0.25) is 5.28 Å². The third-order valence-electron chi connectivity index (χ3n) is 7.68. The lowest BCUT2D eigenvalue weighted by Gasteiger charge is -2.26. The molecule has 2 aromatic heterocycles. The zero-order valence-electron chi connectivity index (χ0n) is 24.1. The van der Waals surface area contributed by atoms with Gasteiger partial charge >= 0.3 is 13.5 Å². The van der Waals surface area contributed by atoms with E-state index in [1.54, 1.807) is 18.2 Å². The van der Waals surface area contributed by atoms with Gasteiger partial charge in [0, 0.05) is 19.6 Å². The van der Waals surface area contributed by atoms with Gasteiger partial charge in [-0.1, -0.05) is 31.0 Å². The van der Waals surface area contributed by atoms with E-state index in [0.717, 1.165) is 25.7 Å². The first-order chi connectivity index (χ1) is 20.9. The molecule has 5 rings (SSSR count). The average molecular weight is 652 g/mol. The molecule has 1 saturated carbocycles. The number of hydrogen-bond acceptors (Lipinski definition) is 11. The molecular formula is C27H35ClN7O8P. The summed E-state index contributed by atoms with van der Waals surface area (Å²) in [4.78, 5) is 38.8. The first kappa shape index (κ1) is 32.1. The molecule has 1 aliphatic heterocycles. The van der Waals surface area contributed by atoms with Crippen LogP contribution < -0.4 is 14.9 Å². The van der Waals surface area contributed by atoms with Crippen LogP contribution in [-0.2, 0) is 18.9 Å². The van der Waals surface area contributed by atoms with Crippen LogP contribution in [-0.4, -0.2) is 102 Å². The zero-order chi connectivity index (χ0) is 31.6. The van der Waals surface area contributed by atoms with E-state index in [2.05, 4.69) is 25.4 Å². The van der Waals surface area contributed by atoms with Crippen LogP contribution in [0.5, 0.6) is 5.75 Å². The largest absolute Gasteiger partial charge is 0.480 e. The van der Waals surface area contributed by atoms with Gasteiger partial charge in [-0.05, 0) is 43.5 Å². The Bertz CT molecular complexity index is 1540. The van der Waals surface area contributed by atoms with Crippen molar-refractivity contribution in [1.29, 1.82) is 0 Å². The van der Waals surface area contributed by atoms with Crippen molar-refractivity contribution in [2.24, 2.45) is 0 Å². The fourth-order valence-electron chi connectivity index (χ4n) is 5.33. The first-order valence-electron chi connectivity index (χ1n) is 14.2. The molecular weight excluding hydrogens is 617 g/mol. The van der Waals surface area contributed by atoms with Gasteiger partial charge in [0.1, 0.15) is 36.3 Å². The molecule has 1 aromatic carbocycles. The van der Waals surface area contributed by atoms with Crippen LogP contribution in [0.25, 0.3) is 11.2 Å². The topological polar surface area (TPSA) is 201 Å². The molecule has 0 bridgehead atoms. The number of aliphatic carboxylic acids is 1. The molecule has 1 unspecified atom stereocenters. The number of benzene rings is 1. The number of anilines is 1. The van der Waals surface area contributed by atoms with Crippen LogP contribution in [0.4, 0.5) is 5.82 Å². The second-order valence-corrected chi connectivity index (χ2v) is 13.5. The molecule has 2 aliphatic rings. The highest BCUT2D eigenvalue weighted by molar-refractivity contribution is 7.58. The fraction of sp³-hybridized carbons (Fsp3) is 0.519. The molecule has 1 aliphatic carbocycles. The SMILES string of the molecule is C[C@H](NP(=O)(CC(=O)N(C)C[C@H]1O[C@@H](n2cnc3c(NC4CCCC4)nc(Cl)nc32)[C@H](O)[C@@H]1O)Oc1ccccc1)C(=O)O. The maximum Gasteiger partial charge on any atom is 0.326 e. The minimum absolute atomic E-state index is 0.0253. The molecule has 0 spiro atoms. The number of para-hydroxylation sites is 1. The smallest absolute Gasteiger partial charge is 0.326 e. The number of fused-ring (bicyclic) bond motifs is 1. The Kier molecular flexibility index (Phi) is 9.73. The molecule has 0 radical (unpaired) electrons. The number of carbonyl (C=O) groups is 2. The quantitative estimate of drug-likeness (QED) is 0.141. The van der Waals surface area contributed by atoms with E-state index >= 15 is 0 Å². The van der Waals surface area contributed by atoms with Crippen LogP contribution in [0.3, 0.4) is 0 Å². The van der Waals surface area contributed by atoms with E-state index in [9.17, 15) is 29.5 Å². The highest BCUT2D eigenvalue weighted by atomic mass is 35.5. The molecule has 1 saturated heterocycles. The van der Waals surface area contributed by atoms with Gasteiger partial charge in [-0.3, -0.25) is 18.7 Å². The summed E-state index contributed by atoms with van der Waals surface area (Å²) in [5.74, 6) is -1.29. The fourth-order valence-corrected chi connectivity index (χ4v) is 7.46. The van der Waals surface area contributed by atoms with Crippen molar-refractivity contribution in [3.8, 4) is 5.75 Å². The van der Waals surface area contributed by atoms with Crippen molar-refractivity contribution in [3.63, 3.8) is 0 Å². The number of carboxylic acids is 1. The van der Waals surface area contributed by atoms with Crippen LogP contribution in [0, 0.1) is 0 Å². The molecule has 1 amide bonds. The Labute approximate surface area is 258 Å². The number of amides is 1. The summed E-state index contributed by atoms with van der Waals surface area (Å²) >= 11 is 6.22. The third kappa shape index (κ3) is 7.14. The summed E-state index contributed by atoms with van der Waals surface area (Å²) in [6, 6.07) is 7.04. The number of aliphatic hydroxyl groups excluding tert-OH is 2. The third-order valence-corrected chi connectivity index (χ3v) is 9.82. The average Bonchev–Trinajstić information content (AvgIpc) is 3.70. The monoisotopic (exact) mass is 651 g/mol. The number of ether oxygens (including phenoxy) is 1. The Morgan fingerprint density at radius 3 is 2.59 bits per heavy atom. The lowest BCUT2D eigenvalue weighted by atomic mass is 10.1. The van der Waals surface area contributed by atoms with Crippen molar-refractivity contribution in [2.75, 3.05) is 25.1 Å². The van der Waals surface area contributed by atoms with Gasteiger partial charge in [0.25, 0.3) is 0 Å². The number of carbonyl (C=O) groups excluding carboxylic acids is 1. The predicted molar refractivity (Wildman–Crippen MR) is 160 cm³/mol. The zero-order valence-corrected chi connectivity index (χ0v) is 25.8. The summed E-state index contributed by atoms with van der Waals surface area (Å²) in [6.07, 6.45) is -0.0136. The Morgan fingerprint density at radius 2 is 1.91 bits per heavy atom. The summed E-state index contributed by atoms with van der Waals surface area (Å²) in [6.45, 7) is 1.09. The molecule has 17 heteroatoms. The molecule has 6 atom stereocenters. The molecule has 15 nitrogen and oxygen atoms in total. The van der Waals surface area contributed by atoms with Crippen molar-refractivity contribution in [2.45, 2.75) is 69.2 Å². The lowest BCUT2D eigenvalue weighted by molar-refractivity contribution is -0.138. The minimum Gasteiger partial charge on any atom is -0.480 e. The van der Waals surface area contributed by atoms with E-state index in [1.807, 2.05) is 0 Å². The number of halogens is 1. The van der Waals surface area contributed by atoms with Gasteiger partial charge in [0.2, 0.25) is 11.2 Å². The number of hydrogen-bond donors (Lipinski definition) is 5. The van der Waals surface area contributed by atoms with Crippen molar-refractivity contribution in [3.05, 3.63) is 41.9 Å². The van der Waals surface area contributed by atoms with Crippen molar-refractivity contribution in [1.82, 2.24) is 29.5 Å². The number of nitrogens with one attached hydrogen (secondary N) is 2. The molecule has 2 fully saturated rings. The van der Waals surface area contributed by atoms with Crippen LogP contribution >= 0.6 is 19.1 Å². The van der Waals surface area contributed by atoms with Gasteiger partial charge in [-0.25, -0.2) is 10.1 Å². The second kappa shape index (κ2) is 13.3. The number of likely N-dealkylation sites (N-methyl/N-ethyl adjacent to an activating group) is 1. The highest BCUT2D eigenvalue weighted by Gasteiger charge is 2.45. The summed E-state index contributed by atoms with van der Waals surface area (Å²) in [5.41, 5.74) is 0.726. The molecule has 3 heterocycles.